The van der Waals surface area contributed by atoms with Gasteiger partial charge in [0.15, 0.2) is 0 Å². The molecule has 4 nitrogen and oxygen atoms in total. The predicted octanol–water partition coefficient (Wildman–Crippen LogP) is 5.07. The van der Waals surface area contributed by atoms with E-state index >= 15 is 0 Å². The fraction of sp³-hybridized carbons (Fsp3) is 0.556. The first-order chi connectivity index (χ1) is 15.7. The molecule has 174 valence electrons. The van der Waals surface area contributed by atoms with Crippen molar-refractivity contribution in [3.63, 3.8) is 0 Å². The van der Waals surface area contributed by atoms with E-state index in [1.165, 1.54) is 25.3 Å². The average Bonchev–Trinajstić information content (AvgIpc) is 2.86. The van der Waals surface area contributed by atoms with Gasteiger partial charge >= 0.3 is 0 Å². The Morgan fingerprint density at radius 1 is 0.969 bits per heavy atom. The summed E-state index contributed by atoms with van der Waals surface area (Å²) in [6, 6.07) is 15.2. The van der Waals surface area contributed by atoms with Crippen LogP contribution in [0.2, 0.25) is 0 Å². The number of nitrogens with zero attached hydrogens (tertiary/aromatic N) is 2. The maximum Gasteiger partial charge on any atom is 0.142 e. The number of ether oxygens (including phenoxy) is 1. The normalized spacial score (nSPS) is 20.2. The van der Waals surface area contributed by atoms with Crippen LogP contribution in [0, 0.1) is 11.7 Å². The summed E-state index contributed by atoms with van der Waals surface area (Å²) in [6.07, 6.45) is 6.04. The highest BCUT2D eigenvalue weighted by molar-refractivity contribution is 5.58. The lowest BCUT2D eigenvalue weighted by molar-refractivity contribution is 0.0525. The quantitative estimate of drug-likeness (QED) is 0.622. The van der Waals surface area contributed by atoms with E-state index < -0.39 is 6.10 Å². The number of hydrogen-bond donors (Lipinski definition) is 1. The van der Waals surface area contributed by atoms with Crippen molar-refractivity contribution < 1.29 is 14.2 Å². The summed E-state index contributed by atoms with van der Waals surface area (Å²) in [5.41, 5.74) is 1.82. The van der Waals surface area contributed by atoms with Gasteiger partial charge in [0, 0.05) is 32.1 Å². The maximum atomic E-state index is 14.7. The molecule has 1 saturated carbocycles. The molecule has 2 aromatic rings. The van der Waals surface area contributed by atoms with Crippen molar-refractivity contribution in [1.82, 2.24) is 4.90 Å². The minimum absolute atomic E-state index is 0.147. The van der Waals surface area contributed by atoms with Crippen molar-refractivity contribution in [3.8, 4) is 5.75 Å². The molecule has 1 N–H and O–H groups in total. The molecule has 1 heterocycles. The number of halogens is 1. The van der Waals surface area contributed by atoms with Gasteiger partial charge in [0.2, 0.25) is 0 Å². The zero-order valence-electron chi connectivity index (χ0n) is 19.3. The van der Waals surface area contributed by atoms with Gasteiger partial charge in [-0.05, 0) is 55.5 Å². The van der Waals surface area contributed by atoms with Crippen LogP contribution in [0.5, 0.6) is 5.75 Å². The van der Waals surface area contributed by atoms with E-state index in [0.717, 1.165) is 63.4 Å². The van der Waals surface area contributed by atoms with Gasteiger partial charge < -0.3 is 14.7 Å². The van der Waals surface area contributed by atoms with E-state index in [-0.39, 0.29) is 17.7 Å². The van der Waals surface area contributed by atoms with Crippen LogP contribution in [0.1, 0.15) is 50.0 Å². The van der Waals surface area contributed by atoms with Crippen molar-refractivity contribution in [3.05, 3.63) is 59.9 Å². The van der Waals surface area contributed by atoms with E-state index in [4.69, 9.17) is 4.74 Å². The number of rotatable bonds is 8. The third kappa shape index (κ3) is 5.44. The summed E-state index contributed by atoms with van der Waals surface area (Å²) in [7, 11) is 1.72. The zero-order chi connectivity index (χ0) is 22.3. The zero-order valence-corrected chi connectivity index (χ0v) is 19.3. The van der Waals surface area contributed by atoms with Crippen LogP contribution < -0.4 is 9.64 Å². The van der Waals surface area contributed by atoms with Crippen LogP contribution >= 0.6 is 0 Å². The Hall–Kier alpha value is -2.11. The Labute approximate surface area is 192 Å². The fourth-order valence-electron chi connectivity index (χ4n) is 5.52. The predicted molar refractivity (Wildman–Crippen MR) is 128 cm³/mol. The third-order valence-corrected chi connectivity index (χ3v) is 7.40. The number of anilines is 1. The van der Waals surface area contributed by atoms with Gasteiger partial charge in [-0.25, -0.2) is 4.39 Å². The van der Waals surface area contributed by atoms with Crippen LogP contribution in [0.4, 0.5) is 10.1 Å². The van der Waals surface area contributed by atoms with Crippen LogP contribution in [0.3, 0.4) is 0 Å². The molecule has 0 bridgehead atoms. The van der Waals surface area contributed by atoms with E-state index in [1.54, 1.807) is 13.2 Å². The van der Waals surface area contributed by atoms with E-state index in [2.05, 4.69) is 21.9 Å². The van der Waals surface area contributed by atoms with E-state index in [0.29, 0.717) is 5.56 Å². The molecule has 0 unspecified atom stereocenters. The highest BCUT2D eigenvalue weighted by Crippen LogP contribution is 2.36. The molecular formula is C27H37FN2O2. The number of piperazine rings is 1. The first-order valence-corrected chi connectivity index (χ1v) is 12.2. The second kappa shape index (κ2) is 11.2. The van der Waals surface area contributed by atoms with Crippen molar-refractivity contribution in [2.75, 3.05) is 44.7 Å². The topological polar surface area (TPSA) is 35.9 Å². The molecule has 2 aliphatic rings. The molecule has 0 aromatic heterocycles. The van der Waals surface area contributed by atoms with Crippen LogP contribution in [0.25, 0.3) is 0 Å². The second-order valence-electron chi connectivity index (χ2n) is 9.31. The summed E-state index contributed by atoms with van der Waals surface area (Å²) in [5, 5.41) is 11.3. The van der Waals surface area contributed by atoms with Gasteiger partial charge in [-0.15, -0.1) is 0 Å². The summed E-state index contributed by atoms with van der Waals surface area (Å²) in [6.45, 7) is 4.68. The number of methoxy groups -OCH3 is 1. The molecule has 4 rings (SSSR count). The number of benzene rings is 2. The molecule has 0 spiro atoms. The highest BCUT2D eigenvalue weighted by Gasteiger charge is 2.32. The maximum absolute atomic E-state index is 14.7. The highest BCUT2D eigenvalue weighted by atomic mass is 19.1. The number of aliphatic hydroxyl groups is 1. The Morgan fingerprint density at radius 2 is 1.66 bits per heavy atom. The monoisotopic (exact) mass is 440 g/mol. The lowest BCUT2D eigenvalue weighted by atomic mass is 9.77. The lowest BCUT2D eigenvalue weighted by Gasteiger charge is -2.38. The lowest BCUT2D eigenvalue weighted by Crippen LogP contribution is -2.47. The summed E-state index contributed by atoms with van der Waals surface area (Å²) < 4.78 is 20.2. The van der Waals surface area contributed by atoms with Crippen LogP contribution in [-0.2, 0) is 0 Å². The average molecular weight is 441 g/mol. The molecule has 1 aliphatic carbocycles. The van der Waals surface area contributed by atoms with Crippen molar-refractivity contribution >= 4 is 5.69 Å². The largest absolute Gasteiger partial charge is 0.495 e. The minimum Gasteiger partial charge on any atom is -0.495 e. The standard InChI is InChI=1S/C27H37FN2O2/c1-32-26-14-8-7-13-25(26)30-19-17-29(18-20-30)16-15-23(22-11-5-6-12-24(22)28)27(31)21-9-3-2-4-10-21/h5-8,11-14,21,23,27,31H,2-4,9-10,15-20H2,1H3/t23-,27-/m0/s1. The van der Waals surface area contributed by atoms with Crippen molar-refractivity contribution in [2.24, 2.45) is 5.92 Å². The van der Waals surface area contributed by atoms with Crippen molar-refractivity contribution in [1.29, 1.82) is 0 Å². The molecular weight excluding hydrogens is 403 g/mol. The summed E-state index contributed by atoms with van der Waals surface area (Å²) >= 11 is 0. The van der Waals surface area contributed by atoms with Gasteiger partial charge in [0.25, 0.3) is 0 Å². The first kappa shape index (κ1) is 23.1. The summed E-state index contributed by atoms with van der Waals surface area (Å²) in [5.74, 6) is 0.867. The van der Waals surface area contributed by atoms with Gasteiger partial charge in [0.1, 0.15) is 11.6 Å². The molecule has 5 heteroatoms. The Morgan fingerprint density at radius 3 is 2.38 bits per heavy atom. The Balaban J connectivity index is 1.39. The van der Waals surface area contributed by atoms with Crippen LogP contribution in [0.15, 0.2) is 48.5 Å². The molecule has 2 atom stereocenters. The third-order valence-electron chi connectivity index (χ3n) is 7.40. The fourth-order valence-corrected chi connectivity index (χ4v) is 5.52. The smallest absolute Gasteiger partial charge is 0.142 e. The number of aliphatic hydroxyl groups excluding tert-OH is 1. The molecule has 1 saturated heterocycles. The SMILES string of the molecule is COc1ccccc1N1CCN(CC[C@@H](c2ccccc2F)[C@@H](O)C2CCCCC2)CC1. The molecule has 1 aliphatic heterocycles. The second-order valence-corrected chi connectivity index (χ2v) is 9.31. The van der Waals surface area contributed by atoms with Gasteiger partial charge in [-0.1, -0.05) is 49.6 Å². The molecule has 32 heavy (non-hydrogen) atoms. The van der Waals surface area contributed by atoms with E-state index in [1.807, 2.05) is 24.3 Å². The van der Waals surface area contributed by atoms with Gasteiger partial charge in [-0.2, -0.15) is 0 Å². The first-order valence-electron chi connectivity index (χ1n) is 12.2. The molecule has 0 radical (unpaired) electrons. The molecule has 2 fully saturated rings. The van der Waals surface area contributed by atoms with E-state index in [9.17, 15) is 9.50 Å². The molecule has 0 amide bonds. The Bertz CT molecular complexity index is 847. The summed E-state index contributed by atoms with van der Waals surface area (Å²) in [4.78, 5) is 4.83. The minimum atomic E-state index is -0.470. The Kier molecular flexibility index (Phi) is 8.04. The number of hydrogen-bond acceptors (Lipinski definition) is 4. The van der Waals surface area contributed by atoms with Crippen LogP contribution in [-0.4, -0.2) is 55.9 Å². The van der Waals surface area contributed by atoms with Gasteiger partial charge in [0.05, 0.1) is 18.9 Å². The van der Waals surface area contributed by atoms with Crippen molar-refractivity contribution in [2.45, 2.75) is 50.5 Å². The van der Waals surface area contributed by atoms with Gasteiger partial charge in [-0.3, -0.25) is 4.90 Å². The molecule has 2 aromatic carbocycles. The number of para-hydroxylation sites is 2.